The number of benzene rings is 1. The van der Waals surface area contributed by atoms with Gasteiger partial charge in [0, 0.05) is 41.6 Å². The van der Waals surface area contributed by atoms with Gasteiger partial charge in [0.1, 0.15) is 5.75 Å². The van der Waals surface area contributed by atoms with Crippen LogP contribution < -0.4 is 4.74 Å². The SMILES string of the molecule is Br.CCC1CC2CC3c4[nH]c5ccc(OC)cc5c4CCN(C2)C13. The van der Waals surface area contributed by atoms with E-state index in [2.05, 4.69) is 35.0 Å². The van der Waals surface area contributed by atoms with Crippen LogP contribution in [0.4, 0.5) is 0 Å². The zero-order chi connectivity index (χ0) is 15.6. The maximum Gasteiger partial charge on any atom is 0.119 e. The number of hydrogen-bond donors (Lipinski definition) is 1. The quantitative estimate of drug-likeness (QED) is 0.816. The molecule has 4 heteroatoms. The van der Waals surface area contributed by atoms with Gasteiger partial charge in [-0.15, -0.1) is 17.0 Å². The highest BCUT2D eigenvalue weighted by Gasteiger charge is 2.48. The summed E-state index contributed by atoms with van der Waals surface area (Å²) in [5.74, 6) is 3.48. The highest BCUT2D eigenvalue weighted by molar-refractivity contribution is 8.93. The Balaban J connectivity index is 0.00000146. The molecule has 130 valence electrons. The molecule has 1 aromatic heterocycles. The minimum absolute atomic E-state index is 0. The number of aromatic amines is 1. The number of nitrogens with one attached hydrogen (secondary N) is 1. The monoisotopic (exact) mass is 390 g/mol. The lowest BCUT2D eigenvalue weighted by Gasteiger charge is -2.53. The molecule has 4 aliphatic rings. The molecule has 5 unspecified atom stereocenters. The van der Waals surface area contributed by atoms with Crippen molar-refractivity contribution in [2.45, 2.75) is 44.6 Å². The fourth-order valence-corrected chi connectivity index (χ4v) is 5.80. The average Bonchev–Trinajstić information content (AvgIpc) is 2.92. The molecule has 3 nitrogen and oxygen atoms in total. The maximum absolute atomic E-state index is 5.46. The van der Waals surface area contributed by atoms with Crippen molar-refractivity contribution >= 4 is 27.9 Å². The van der Waals surface area contributed by atoms with Gasteiger partial charge in [-0.1, -0.05) is 13.3 Å². The van der Waals surface area contributed by atoms with Gasteiger partial charge in [0.05, 0.1) is 7.11 Å². The van der Waals surface area contributed by atoms with Crippen molar-refractivity contribution < 1.29 is 4.74 Å². The van der Waals surface area contributed by atoms with Crippen LogP contribution in [0.2, 0.25) is 0 Å². The molecule has 2 saturated heterocycles. The molecule has 24 heavy (non-hydrogen) atoms. The van der Waals surface area contributed by atoms with E-state index in [4.69, 9.17) is 4.74 Å². The van der Waals surface area contributed by atoms with Gasteiger partial charge < -0.3 is 9.72 Å². The Morgan fingerprint density at radius 3 is 2.96 bits per heavy atom. The van der Waals surface area contributed by atoms with Gasteiger partial charge in [-0.2, -0.15) is 0 Å². The lowest BCUT2D eigenvalue weighted by molar-refractivity contribution is -0.0134. The number of halogens is 1. The summed E-state index contributed by atoms with van der Waals surface area (Å²) in [6.45, 7) is 4.95. The largest absolute Gasteiger partial charge is 0.497 e. The van der Waals surface area contributed by atoms with E-state index in [9.17, 15) is 0 Å². The summed E-state index contributed by atoms with van der Waals surface area (Å²) in [6, 6.07) is 7.26. The van der Waals surface area contributed by atoms with Gasteiger partial charge >= 0.3 is 0 Å². The van der Waals surface area contributed by atoms with Crippen molar-refractivity contribution in [3.05, 3.63) is 29.5 Å². The second-order valence-electron chi connectivity index (χ2n) is 7.78. The average molecular weight is 391 g/mol. The maximum atomic E-state index is 5.46. The fourth-order valence-electron chi connectivity index (χ4n) is 5.80. The molecule has 1 N–H and O–H groups in total. The third kappa shape index (κ3) is 2.26. The Morgan fingerprint density at radius 2 is 2.17 bits per heavy atom. The molecule has 4 bridgehead atoms. The molecule has 6 rings (SSSR count). The molecular weight excluding hydrogens is 364 g/mol. The Hall–Kier alpha value is -1.00. The number of ether oxygens (including phenoxy) is 1. The summed E-state index contributed by atoms with van der Waals surface area (Å²) in [7, 11) is 1.76. The van der Waals surface area contributed by atoms with Crippen molar-refractivity contribution in [2.75, 3.05) is 20.2 Å². The van der Waals surface area contributed by atoms with E-state index in [1.165, 1.54) is 49.7 Å². The van der Waals surface area contributed by atoms with Crippen molar-refractivity contribution in [3.63, 3.8) is 0 Å². The van der Waals surface area contributed by atoms with E-state index < -0.39 is 0 Å². The van der Waals surface area contributed by atoms with Gasteiger partial charge in [0.25, 0.3) is 0 Å². The molecule has 5 atom stereocenters. The molecule has 1 aliphatic carbocycles. The van der Waals surface area contributed by atoms with Crippen LogP contribution in [0.5, 0.6) is 5.75 Å². The van der Waals surface area contributed by atoms with E-state index in [1.54, 1.807) is 18.4 Å². The van der Waals surface area contributed by atoms with Crippen LogP contribution in [-0.2, 0) is 6.42 Å². The van der Waals surface area contributed by atoms with Gasteiger partial charge in [0.15, 0.2) is 0 Å². The number of methoxy groups -OCH3 is 1. The molecule has 1 aromatic carbocycles. The summed E-state index contributed by atoms with van der Waals surface area (Å²) >= 11 is 0. The Morgan fingerprint density at radius 1 is 1.29 bits per heavy atom. The van der Waals surface area contributed by atoms with Gasteiger partial charge in [-0.3, -0.25) is 4.90 Å². The third-order valence-electron chi connectivity index (χ3n) is 6.72. The number of H-pyrrole nitrogens is 1. The van der Waals surface area contributed by atoms with Crippen molar-refractivity contribution in [2.24, 2.45) is 11.8 Å². The Labute approximate surface area is 154 Å². The summed E-state index contributed by atoms with van der Waals surface area (Å²) in [4.78, 5) is 6.63. The fraction of sp³-hybridized carbons (Fsp3) is 0.600. The van der Waals surface area contributed by atoms with Crippen LogP contribution in [0, 0.1) is 11.8 Å². The molecule has 2 aromatic rings. The molecule has 0 radical (unpaired) electrons. The van der Waals surface area contributed by atoms with Gasteiger partial charge in [-0.05, 0) is 54.9 Å². The molecule has 4 heterocycles. The predicted octanol–water partition coefficient (Wildman–Crippen LogP) is 4.51. The van der Waals surface area contributed by atoms with Crippen LogP contribution in [0.25, 0.3) is 10.9 Å². The smallest absolute Gasteiger partial charge is 0.119 e. The molecule has 0 amide bonds. The third-order valence-corrected chi connectivity index (χ3v) is 6.72. The van der Waals surface area contributed by atoms with E-state index in [0.717, 1.165) is 23.6 Å². The van der Waals surface area contributed by atoms with E-state index in [0.29, 0.717) is 5.92 Å². The predicted molar refractivity (Wildman–Crippen MR) is 103 cm³/mol. The molecule has 1 saturated carbocycles. The number of piperidine rings is 2. The minimum atomic E-state index is 0. The molecular formula is C20H27BrN2O. The highest BCUT2D eigenvalue weighted by atomic mass is 79.9. The molecule has 3 fully saturated rings. The summed E-state index contributed by atoms with van der Waals surface area (Å²) in [5.41, 5.74) is 4.40. The van der Waals surface area contributed by atoms with Crippen LogP contribution >= 0.6 is 17.0 Å². The van der Waals surface area contributed by atoms with Gasteiger partial charge in [0.2, 0.25) is 0 Å². The van der Waals surface area contributed by atoms with E-state index in [-0.39, 0.29) is 17.0 Å². The van der Waals surface area contributed by atoms with Crippen LogP contribution in [0.3, 0.4) is 0 Å². The normalized spacial score (nSPS) is 33.7. The van der Waals surface area contributed by atoms with Crippen molar-refractivity contribution in [1.29, 1.82) is 0 Å². The number of nitrogens with zero attached hydrogens (tertiary/aromatic N) is 1. The summed E-state index contributed by atoms with van der Waals surface area (Å²) < 4.78 is 5.46. The second-order valence-corrected chi connectivity index (χ2v) is 7.78. The number of rotatable bonds is 2. The second kappa shape index (κ2) is 6.06. The Bertz CT molecular complexity index is 755. The van der Waals surface area contributed by atoms with Crippen molar-refractivity contribution in [3.8, 4) is 5.75 Å². The first kappa shape index (κ1) is 16.5. The van der Waals surface area contributed by atoms with E-state index >= 15 is 0 Å². The van der Waals surface area contributed by atoms with E-state index in [1.807, 2.05) is 0 Å². The van der Waals surface area contributed by atoms with Crippen LogP contribution in [0.1, 0.15) is 43.4 Å². The Kier molecular flexibility index (Phi) is 4.16. The zero-order valence-corrected chi connectivity index (χ0v) is 16.3. The minimum Gasteiger partial charge on any atom is -0.497 e. The number of aromatic nitrogens is 1. The molecule has 3 aliphatic heterocycles. The number of hydrogen-bond acceptors (Lipinski definition) is 2. The zero-order valence-electron chi connectivity index (χ0n) is 14.5. The lowest BCUT2D eigenvalue weighted by atomic mass is 9.65. The number of fused-ring (bicyclic) bond motifs is 4. The summed E-state index contributed by atoms with van der Waals surface area (Å²) in [6.07, 6.45) is 5.35. The highest BCUT2D eigenvalue weighted by Crippen LogP contribution is 2.51. The topological polar surface area (TPSA) is 28.3 Å². The van der Waals surface area contributed by atoms with Crippen molar-refractivity contribution in [1.82, 2.24) is 9.88 Å². The first-order chi connectivity index (χ1) is 11.3. The molecule has 0 spiro atoms. The lowest BCUT2D eigenvalue weighted by Crippen LogP contribution is -2.56. The first-order valence-electron chi connectivity index (χ1n) is 9.21. The van der Waals surface area contributed by atoms with Crippen LogP contribution in [0.15, 0.2) is 18.2 Å². The van der Waals surface area contributed by atoms with Crippen LogP contribution in [-0.4, -0.2) is 36.1 Å². The first-order valence-corrected chi connectivity index (χ1v) is 9.21. The summed E-state index contributed by atoms with van der Waals surface area (Å²) in [5, 5.41) is 1.39. The standard InChI is InChI=1S/C20H26N2O.BrH/c1-3-13-8-12-9-17-19-15(6-7-22(11-12)20(13)17)16-10-14(23-2)4-5-18(16)21-19;/h4-5,10,12-13,17,20-21H,3,6-9,11H2,1-2H3;1H. The van der Waals surface area contributed by atoms with Gasteiger partial charge in [-0.25, -0.2) is 0 Å².